The molecule has 0 aromatic heterocycles. The van der Waals surface area contributed by atoms with Crippen molar-refractivity contribution in [1.82, 2.24) is 5.43 Å². The van der Waals surface area contributed by atoms with Crippen molar-refractivity contribution in [3.05, 3.63) is 89.0 Å². The summed E-state index contributed by atoms with van der Waals surface area (Å²) in [6.07, 6.45) is 0. The van der Waals surface area contributed by atoms with Gasteiger partial charge < -0.3 is 14.8 Å². The summed E-state index contributed by atoms with van der Waals surface area (Å²) < 4.78 is 11.3. The lowest BCUT2D eigenvalue weighted by Gasteiger charge is -2.12. The summed E-state index contributed by atoms with van der Waals surface area (Å²) in [5.41, 5.74) is 7.11. The summed E-state index contributed by atoms with van der Waals surface area (Å²) >= 11 is 0. The zero-order valence-electron chi connectivity index (χ0n) is 19.1. The SMILES string of the molecule is COc1cc(/C(C)=N/NC(=O)C(=O)Nc2cc(C)cc(C)c2)ccc1OCc1ccccc1. The van der Waals surface area contributed by atoms with Gasteiger partial charge in [0.2, 0.25) is 0 Å². The molecule has 3 rings (SSSR count). The highest BCUT2D eigenvalue weighted by Gasteiger charge is 2.14. The molecular weight excluding hydrogens is 418 g/mol. The zero-order valence-corrected chi connectivity index (χ0v) is 19.1. The van der Waals surface area contributed by atoms with E-state index >= 15 is 0 Å². The van der Waals surface area contributed by atoms with Crippen LogP contribution in [-0.2, 0) is 16.2 Å². The predicted molar refractivity (Wildman–Crippen MR) is 129 cm³/mol. The summed E-state index contributed by atoms with van der Waals surface area (Å²) in [6.45, 7) is 5.97. The Labute approximate surface area is 193 Å². The third kappa shape index (κ3) is 6.67. The van der Waals surface area contributed by atoms with E-state index in [0.29, 0.717) is 35.1 Å². The van der Waals surface area contributed by atoms with Gasteiger partial charge in [-0.3, -0.25) is 9.59 Å². The lowest BCUT2D eigenvalue weighted by Crippen LogP contribution is -2.33. The number of hydrogen-bond donors (Lipinski definition) is 2. The largest absolute Gasteiger partial charge is 0.493 e. The quantitative estimate of drug-likeness (QED) is 0.321. The molecular formula is C26H27N3O4. The summed E-state index contributed by atoms with van der Waals surface area (Å²) in [6, 6.07) is 20.7. The van der Waals surface area contributed by atoms with Crippen LogP contribution >= 0.6 is 0 Å². The van der Waals surface area contributed by atoms with E-state index in [4.69, 9.17) is 9.47 Å². The Morgan fingerprint density at radius 1 is 0.879 bits per heavy atom. The van der Waals surface area contributed by atoms with Gasteiger partial charge in [0.25, 0.3) is 0 Å². The van der Waals surface area contributed by atoms with Crippen LogP contribution in [0.15, 0.2) is 71.8 Å². The molecule has 0 bridgehead atoms. The number of anilines is 1. The Balaban J connectivity index is 1.63. The van der Waals surface area contributed by atoms with Gasteiger partial charge in [0.05, 0.1) is 12.8 Å². The van der Waals surface area contributed by atoms with Crippen LogP contribution in [0.1, 0.15) is 29.2 Å². The maximum absolute atomic E-state index is 12.2. The van der Waals surface area contributed by atoms with E-state index in [2.05, 4.69) is 15.8 Å². The molecule has 170 valence electrons. The molecule has 2 amide bonds. The number of amides is 2. The van der Waals surface area contributed by atoms with Crippen molar-refractivity contribution in [3.63, 3.8) is 0 Å². The molecule has 0 atom stereocenters. The Bertz CT molecular complexity index is 1150. The molecule has 2 N–H and O–H groups in total. The lowest BCUT2D eigenvalue weighted by atomic mass is 10.1. The van der Waals surface area contributed by atoms with Crippen LogP contribution in [0.2, 0.25) is 0 Å². The number of carbonyl (C=O) groups excluding carboxylic acids is 2. The fourth-order valence-electron chi connectivity index (χ4n) is 3.23. The van der Waals surface area contributed by atoms with E-state index in [1.54, 1.807) is 38.3 Å². The van der Waals surface area contributed by atoms with Gasteiger partial charge in [-0.05, 0) is 67.8 Å². The molecule has 0 saturated carbocycles. The molecule has 0 radical (unpaired) electrons. The standard InChI is InChI=1S/C26H27N3O4/c1-17-12-18(2)14-22(13-17)27-25(30)26(31)29-28-19(3)21-10-11-23(24(15-21)32-4)33-16-20-8-6-5-7-9-20/h5-15H,16H2,1-4H3,(H,27,30)(H,29,31)/b28-19+. The van der Waals surface area contributed by atoms with Crippen LogP contribution in [0.4, 0.5) is 5.69 Å². The van der Waals surface area contributed by atoms with Crippen LogP contribution in [0.5, 0.6) is 11.5 Å². The topological polar surface area (TPSA) is 89.0 Å². The first-order valence-electron chi connectivity index (χ1n) is 10.4. The number of hydrogen-bond acceptors (Lipinski definition) is 5. The summed E-state index contributed by atoms with van der Waals surface area (Å²) in [7, 11) is 1.56. The average molecular weight is 446 g/mol. The van der Waals surface area contributed by atoms with Gasteiger partial charge in [0.1, 0.15) is 6.61 Å². The Morgan fingerprint density at radius 3 is 2.24 bits per heavy atom. The average Bonchev–Trinajstić information content (AvgIpc) is 2.80. The van der Waals surface area contributed by atoms with Crippen LogP contribution in [0.3, 0.4) is 0 Å². The van der Waals surface area contributed by atoms with E-state index in [0.717, 1.165) is 16.7 Å². The van der Waals surface area contributed by atoms with Gasteiger partial charge in [0.15, 0.2) is 11.5 Å². The second-order valence-electron chi connectivity index (χ2n) is 7.61. The maximum atomic E-state index is 12.2. The highest BCUT2D eigenvalue weighted by molar-refractivity contribution is 6.39. The number of ether oxygens (including phenoxy) is 2. The molecule has 33 heavy (non-hydrogen) atoms. The summed E-state index contributed by atoms with van der Waals surface area (Å²) in [5.74, 6) is -0.520. The van der Waals surface area contributed by atoms with E-state index in [9.17, 15) is 9.59 Å². The zero-order chi connectivity index (χ0) is 23.8. The molecule has 0 aliphatic rings. The smallest absolute Gasteiger partial charge is 0.329 e. The number of nitrogens with zero attached hydrogens (tertiary/aromatic N) is 1. The second kappa shape index (κ2) is 10.9. The molecule has 0 fully saturated rings. The van der Waals surface area contributed by atoms with Crippen molar-refractivity contribution in [2.75, 3.05) is 12.4 Å². The minimum atomic E-state index is -0.858. The van der Waals surface area contributed by atoms with Gasteiger partial charge >= 0.3 is 11.8 Å². The second-order valence-corrected chi connectivity index (χ2v) is 7.61. The van der Waals surface area contributed by atoms with Gasteiger partial charge in [-0.15, -0.1) is 0 Å². The van der Waals surface area contributed by atoms with Crippen LogP contribution < -0.4 is 20.2 Å². The molecule has 0 saturated heterocycles. The third-order valence-electron chi connectivity index (χ3n) is 4.83. The molecule has 3 aromatic carbocycles. The molecule has 3 aromatic rings. The minimum Gasteiger partial charge on any atom is -0.493 e. The number of benzene rings is 3. The number of aryl methyl sites for hydroxylation is 2. The van der Waals surface area contributed by atoms with Gasteiger partial charge in [-0.2, -0.15) is 5.10 Å². The summed E-state index contributed by atoms with van der Waals surface area (Å²) in [5, 5.41) is 6.63. The number of carbonyl (C=O) groups is 2. The third-order valence-corrected chi connectivity index (χ3v) is 4.83. The number of nitrogens with one attached hydrogen (secondary N) is 2. The van der Waals surface area contributed by atoms with Gasteiger partial charge in [0, 0.05) is 11.3 Å². The fraction of sp³-hybridized carbons (Fsp3) is 0.192. The highest BCUT2D eigenvalue weighted by Crippen LogP contribution is 2.29. The first-order chi connectivity index (χ1) is 15.9. The normalized spacial score (nSPS) is 11.0. The number of hydrazone groups is 1. The predicted octanol–water partition coefficient (Wildman–Crippen LogP) is 4.37. The minimum absolute atomic E-state index is 0.412. The Morgan fingerprint density at radius 2 is 1.58 bits per heavy atom. The van der Waals surface area contributed by atoms with E-state index < -0.39 is 11.8 Å². The van der Waals surface area contributed by atoms with Crippen molar-refractivity contribution in [2.24, 2.45) is 5.10 Å². The van der Waals surface area contributed by atoms with Crippen molar-refractivity contribution < 1.29 is 19.1 Å². The molecule has 0 heterocycles. The molecule has 0 spiro atoms. The molecule has 7 nitrogen and oxygen atoms in total. The van der Waals surface area contributed by atoms with Crippen molar-refractivity contribution >= 4 is 23.2 Å². The molecule has 0 aliphatic heterocycles. The van der Waals surface area contributed by atoms with Crippen LogP contribution in [-0.4, -0.2) is 24.6 Å². The van der Waals surface area contributed by atoms with Crippen LogP contribution in [0.25, 0.3) is 0 Å². The van der Waals surface area contributed by atoms with Gasteiger partial charge in [-0.1, -0.05) is 36.4 Å². The first kappa shape index (κ1) is 23.5. The number of rotatable bonds is 7. The van der Waals surface area contributed by atoms with Crippen molar-refractivity contribution in [2.45, 2.75) is 27.4 Å². The number of methoxy groups -OCH3 is 1. The monoisotopic (exact) mass is 445 g/mol. The lowest BCUT2D eigenvalue weighted by molar-refractivity contribution is -0.136. The van der Waals surface area contributed by atoms with Crippen LogP contribution in [0, 0.1) is 13.8 Å². The Kier molecular flexibility index (Phi) is 7.81. The fourth-order valence-corrected chi connectivity index (χ4v) is 3.23. The Hall–Kier alpha value is -4.13. The van der Waals surface area contributed by atoms with Crippen molar-refractivity contribution in [1.29, 1.82) is 0 Å². The van der Waals surface area contributed by atoms with E-state index in [1.807, 2.05) is 56.3 Å². The van der Waals surface area contributed by atoms with Crippen molar-refractivity contribution in [3.8, 4) is 11.5 Å². The first-order valence-corrected chi connectivity index (χ1v) is 10.4. The van der Waals surface area contributed by atoms with E-state index in [-0.39, 0.29) is 0 Å². The maximum Gasteiger partial charge on any atom is 0.329 e. The molecule has 0 unspecified atom stereocenters. The molecule has 0 aliphatic carbocycles. The molecule has 7 heteroatoms. The van der Waals surface area contributed by atoms with E-state index in [1.165, 1.54) is 0 Å². The summed E-state index contributed by atoms with van der Waals surface area (Å²) in [4.78, 5) is 24.4. The highest BCUT2D eigenvalue weighted by atomic mass is 16.5. The van der Waals surface area contributed by atoms with Gasteiger partial charge in [-0.25, -0.2) is 5.43 Å².